The number of aliphatic hydroxyl groups is 1. The van der Waals surface area contributed by atoms with Crippen LogP contribution in [0.1, 0.15) is 12.5 Å². The third kappa shape index (κ3) is 4.42. The van der Waals surface area contributed by atoms with E-state index in [0.29, 0.717) is 0 Å². The number of rotatable bonds is 3. The Morgan fingerprint density at radius 2 is 1.86 bits per heavy atom. The zero-order valence-electron chi connectivity index (χ0n) is 8.13. The van der Waals surface area contributed by atoms with Crippen LogP contribution >= 0.6 is 12.4 Å². The van der Waals surface area contributed by atoms with E-state index < -0.39 is 6.10 Å². The van der Waals surface area contributed by atoms with Gasteiger partial charge in [0.1, 0.15) is 0 Å². The van der Waals surface area contributed by atoms with Gasteiger partial charge in [-0.15, -0.1) is 12.4 Å². The Kier molecular flexibility index (Phi) is 6.21. The van der Waals surface area contributed by atoms with Crippen LogP contribution in [0.3, 0.4) is 0 Å². The predicted octanol–water partition coefficient (Wildman–Crippen LogP) is 1.83. The molecule has 0 amide bonds. The second kappa shape index (κ2) is 6.60. The molecule has 0 saturated carbocycles. The lowest BCUT2D eigenvalue weighted by Gasteiger charge is -2.08. The summed E-state index contributed by atoms with van der Waals surface area (Å²) in [6, 6.07) is 9.60. The second-order valence-electron chi connectivity index (χ2n) is 3.12. The van der Waals surface area contributed by atoms with Crippen molar-refractivity contribution in [2.75, 3.05) is 0 Å². The van der Waals surface area contributed by atoms with Crippen LogP contribution in [0, 0.1) is 0 Å². The second-order valence-corrected chi connectivity index (χ2v) is 3.12. The lowest BCUT2D eigenvalue weighted by molar-refractivity contribution is 0.199. The number of hydrogen-bond acceptors (Lipinski definition) is 2. The lowest BCUT2D eigenvalue weighted by atomic mass is 10.1. The quantitative estimate of drug-likeness (QED) is 0.805. The number of nitrogens with two attached hydrogens (primary N) is 1. The number of benzene rings is 1. The summed E-state index contributed by atoms with van der Waals surface area (Å²) in [5.74, 6) is 0. The summed E-state index contributed by atoms with van der Waals surface area (Å²) in [6.07, 6.45) is 3.01. The zero-order chi connectivity index (χ0) is 9.68. The third-order valence-electron chi connectivity index (χ3n) is 1.82. The molecule has 0 bridgehead atoms. The van der Waals surface area contributed by atoms with Crippen molar-refractivity contribution in [2.24, 2.45) is 5.73 Å². The number of hydrogen-bond donors (Lipinski definition) is 2. The molecule has 0 unspecified atom stereocenters. The van der Waals surface area contributed by atoms with Crippen LogP contribution in [-0.2, 0) is 0 Å². The first-order chi connectivity index (χ1) is 6.20. The minimum Gasteiger partial charge on any atom is -0.387 e. The minimum absolute atomic E-state index is 0. The van der Waals surface area contributed by atoms with Crippen molar-refractivity contribution in [3.05, 3.63) is 42.0 Å². The molecule has 2 nitrogen and oxygen atoms in total. The molecule has 78 valence electrons. The molecule has 0 saturated heterocycles. The van der Waals surface area contributed by atoms with Crippen LogP contribution in [0.4, 0.5) is 0 Å². The molecule has 2 atom stereocenters. The van der Waals surface area contributed by atoms with Crippen LogP contribution < -0.4 is 5.73 Å². The van der Waals surface area contributed by atoms with Crippen molar-refractivity contribution in [1.29, 1.82) is 0 Å². The SMILES string of the molecule is C[C@H](N)[C@H](O)/C=C/c1ccccc1.Cl. The fourth-order valence-electron chi connectivity index (χ4n) is 0.949. The van der Waals surface area contributed by atoms with E-state index >= 15 is 0 Å². The van der Waals surface area contributed by atoms with Crippen molar-refractivity contribution in [2.45, 2.75) is 19.1 Å². The first kappa shape index (κ1) is 13.2. The Labute approximate surface area is 90.9 Å². The molecule has 0 aliphatic rings. The van der Waals surface area contributed by atoms with Crippen LogP contribution in [-0.4, -0.2) is 17.3 Å². The Morgan fingerprint density at radius 1 is 1.29 bits per heavy atom. The highest BCUT2D eigenvalue weighted by molar-refractivity contribution is 5.85. The Hall–Kier alpha value is -0.830. The normalized spacial score (nSPS) is 14.8. The molecule has 0 heterocycles. The molecule has 3 N–H and O–H groups in total. The maximum absolute atomic E-state index is 9.38. The molecule has 1 rings (SSSR count). The summed E-state index contributed by atoms with van der Waals surface area (Å²) in [4.78, 5) is 0. The molecule has 0 spiro atoms. The Morgan fingerprint density at radius 3 is 2.36 bits per heavy atom. The Balaban J connectivity index is 0.00000169. The van der Waals surface area contributed by atoms with Crippen LogP contribution in [0.5, 0.6) is 0 Å². The largest absolute Gasteiger partial charge is 0.387 e. The first-order valence-electron chi connectivity index (χ1n) is 4.37. The van der Waals surface area contributed by atoms with Crippen molar-refractivity contribution in [1.82, 2.24) is 0 Å². The maximum atomic E-state index is 9.38. The van der Waals surface area contributed by atoms with Gasteiger partial charge >= 0.3 is 0 Å². The van der Waals surface area contributed by atoms with E-state index in [4.69, 9.17) is 5.73 Å². The van der Waals surface area contributed by atoms with Gasteiger partial charge in [-0.2, -0.15) is 0 Å². The van der Waals surface area contributed by atoms with E-state index in [-0.39, 0.29) is 18.4 Å². The molecule has 0 aromatic heterocycles. The van der Waals surface area contributed by atoms with E-state index in [2.05, 4.69) is 0 Å². The highest BCUT2D eigenvalue weighted by Crippen LogP contribution is 2.02. The average Bonchev–Trinajstić information content (AvgIpc) is 2.15. The smallest absolute Gasteiger partial charge is 0.0872 e. The fourth-order valence-corrected chi connectivity index (χ4v) is 0.949. The van der Waals surface area contributed by atoms with Crippen molar-refractivity contribution >= 4 is 18.5 Å². The van der Waals surface area contributed by atoms with Gasteiger partial charge in [-0.3, -0.25) is 0 Å². The molecule has 14 heavy (non-hydrogen) atoms. The van der Waals surface area contributed by atoms with Gasteiger partial charge in [-0.05, 0) is 12.5 Å². The highest BCUT2D eigenvalue weighted by Gasteiger charge is 2.03. The predicted molar refractivity (Wildman–Crippen MR) is 62.4 cm³/mol. The molecule has 0 radical (unpaired) electrons. The van der Waals surface area contributed by atoms with Gasteiger partial charge in [-0.25, -0.2) is 0 Å². The summed E-state index contributed by atoms with van der Waals surface area (Å²) < 4.78 is 0. The summed E-state index contributed by atoms with van der Waals surface area (Å²) in [5, 5.41) is 9.38. The van der Waals surface area contributed by atoms with Gasteiger partial charge < -0.3 is 10.8 Å². The molecule has 1 aromatic rings. The summed E-state index contributed by atoms with van der Waals surface area (Å²) in [5.41, 5.74) is 6.57. The summed E-state index contributed by atoms with van der Waals surface area (Å²) in [7, 11) is 0. The van der Waals surface area contributed by atoms with Crippen molar-refractivity contribution < 1.29 is 5.11 Å². The molecule has 0 fully saturated rings. The standard InChI is InChI=1S/C11H15NO.ClH/c1-9(12)11(13)8-7-10-5-3-2-4-6-10;/h2-9,11,13H,12H2,1H3;1H/b8-7+;/t9-,11+;/m0./s1. The summed E-state index contributed by atoms with van der Waals surface area (Å²) >= 11 is 0. The van der Waals surface area contributed by atoms with E-state index in [1.165, 1.54) is 0 Å². The van der Waals surface area contributed by atoms with E-state index in [1.807, 2.05) is 36.4 Å². The topological polar surface area (TPSA) is 46.2 Å². The molecule has 0 aliphatic heterocycles. The van der Waals surface area contributed by atoms with Crippen LogP contribution in [0.2, 0.25) is 0 Å². The average molecular weight is 214 g/mol. The molecule has 0 aliphatic carbocycles. The molecule has 1 aromatic carbocycles. The van der Waals surface area contributed by atoms with Crippen LogP contribution in [0.25, 0.3) is 6.08 Å². The maximum Gasteiger partial charge on any atom is 0.0872 e. The van der Waals surface area contributed by atoms with Gasteiger partial charge in [-0.1, -0.05) is 42.5 Å². The number of aliphatic hydroxyl groups excluding tert-OH is 1. The Bertz CT molecular complexity index is 272. The van der Waals surface area contributed by atoms with Gasteiger partial charge in [0.25, 0.3) is 0 Å². The number of halogens is 1. The lowest BCUT2D eigenvalue weighted by Crippen LogP contribution is -2.29. The van der Waals surface area contributed by atoms with Crippen molar-refractivity contribution in [3.8, 4) is 0 Å². The fraction of sp³-hybridized carbons (Fsp3) is 0.273. The van der Waals surface area contributed by atoms with Gasteiger partial charge in [0.2, 0.25) is 0 Å². The van der Waals surface area contributed by atoms with E-state index in [0.717, 1.165) is 5.56 Å². The van der Waals surface area contributed by atoms with Gasteiger partial charge in [0.15, 0.2) is 0 Å². The first-order valence-corrected chi connectivity index (χ1v) is 4.37. The zero-order valence-corrected chi connectivity index (χ0v) is 8.95. The van der Waals surface area contributed by atoms with Crippen LogP contribution in [0.15, 0.2) is 36.4 Å². The minimum atomic E-state index is -0.569. The summed E-state index contributed by atoms with van der Waals surface area (Å²) in [6.45, 7) is 1.78. The molecular weight excluding hydrogens is 198 g/mol. The van der Waals surface area contributed by atoms with E-state index in [1.54, 1.807) is 13.0 Å². The van der Waals surface area contributed by atoms with Crippen molar-refractivity contribution in [3.63, 3.8) is 0 Å². The third-order valence-corrected chi connectivity index (χ3v) is 1.82. The van der Waals surface area contributed by atoms with Gasteiger partial charge in [0.05, 0.1) is 6.10 Å². The van der Waals surface area contributed by atoms with Gasteiger partial charge in [0, 0.05) is 6.04 Å². The van der Waals surface area contributed by atoms with E-state index in [9.17, 15) is 5.11 Å². The molecular formula is C11H16ClNO. The highest BCUT2D eigenvalue weighted by atomic mass is 35.5. The monoisotopic (exact) mass is 213 g/mol. The molecule has 3 heteroatoms.